The molecule has 0 heterocycles. The number of allylic oxidation sites excluding steroid dienone is 8. The lowest BCUT2D eigenvalue weighted by atomic mass is 9.72. The average Bonchev–Trinajstić information content (AvgIpc) is 2.48. The number of carbonyl (C=O) groups excluding carboxylic acids is 1. The van der Waals surface area contributed by atoms with Crippen LogP contribution in [-0.2, 0) is 4.79 Å². The van der Waals surface area contributed by atoms with Gasteiger partial charge in [0.15, 0.2) is 5.78 Å². The second-order valence-corrected chi connectivity index (χ2v) is 9.09. The minimum atomic E-state index is -0.220. The van der Waals surface area contributed by atoms with Crippen LogP contribution in [-0.4, -0.2) is 11.2 Å². The Labute approximate surface area is 155 Å². The van der Waals surface area contributed by atoms with Gasteiger partial charge in [-0.25, -0.2) is 0 Å². The molecule has 0 fully saturated rings. The zero-order valence-corrected chi connectivity index (χ0v) is 16.7. The third kappa shape index (κ3) is 5.12. The van der Waals surface area contributed by atoms with Gasteiger partial charge < -0.3 is 0 Å². The van der Waals surface area contributed by atoms with Gasteiger partial charge in [-0.1, -0.05) is 53.7 Å². The van der Waals surface area contributed by atoms with E-state index in [9.17, 15) is 4.79 Å². The minimum absolute atomic E-state index is 0.0382. The zero-order chi connectivity index (χ0) is 18.8. The van der Waals surface area contributed by atoms with Gasteiger partial charge in [0.25, 0.3) is 0 Å². The molecule has 1 unspecified atom stereocenters. The van der Waals surface area contributed by atoms with E-state index in [2.05, 4.69) is 51.8 Å². The summed E-state index contributed by atoms with van der Waals surface area (Å²) in [7, 11) is 0. The summed E-state index contributed by atoms with van der Waals surface area (Å²) in [5.74, 6) is 0.125. The molecule has 0 radical (unpaired) electrons. The summed E-state index contributed by atoms with van der Waals surface area (Å²) in [6, 6.07) is 0. The Hall–Kier alpha value is -1.74. The number of hydrogen-bond acceptors (Lipinski definition) is 3. The number of ketones is 1. The highest BCUT2D eigenvalue weighted by Gasteiger charge is 2.33. The van der Waals surface area contributed by atoms with Crippen molar-refractivity contribution in [1.82, 2.24) is 0 Å². The molecule has 0 aliphatic heterocycles. The number of alkyl halides is 1. The first-order valence-corrected chi connectivity index (χ1v) is 9.04. The highest BCUT2D eigenvalue weighted by Crippen LogP contribution is 2.38. The standard InChI is InChI=1S/C21H27ClN2O/c1-20(2,3)17-11-14(12-18(19(17)25)21(4,5)6)13-23-24-16-9-7-15(22)8-10-16/h7,9-13,15H,8H2,1-6H3/b24-23+. The Morgan fingerprint density at radius 3 is 2.08 bits per heavy atom. The molecular formula is C21H27ClN2O. The summed E-state index contributed by atoms with van der Waals surface area (Å²) >= 11 is 6.01. The van der Waals surface area contributed by atoms with Gasteiger partial charge in [0.1, 0.15) is 0 Å². The summed E-state index contributed by atoms with van der Waals surface area (Å²) in [6.45, 7) is 12.3. The van der Waals surface area contributed by atoms with Crippen LogP contribution in [0.2, 0.25) is 0 Å². The van der Waals surface area contributed by atoms with E-state index in [0.717, 1.165) is 28.8 Å². The Kier molecular flexibility index (Phi) is 5.68. The third-order valence-corrected chi connectivity index (χ3v) is 4.46. The zero-order valence-electron chi connectivity index (χ0n) is 15.9. The molecule has 2 aliphatic rings. The van der Waals surface area contributed by atoms with Gasteiger partial charge in [-0.15, -0.1) is 11.6 Å². The van der Waals surface area contributed by atoms with Crippen LogP contribution in [0.4, 0.5) is 0 Å². The van der Waals surface area contributed by atoms with E-state index in [1.807, 2.05) is 30.4 Å². The van der Waals surface area contributed by atoms with E-state index in [0.29, 0.717) is 0 Å². The topological polar surface area (TPSA) is 41.8 Å². The lowest BCUT2D eigenvalue weighted by Crippen LogP contribution is -2.27. The third-order valence-electron chi connectivity index (χ3n) is 4.14. The quantitative estimate of drug-likeness (QED) is 0.421. The fraction of sp³-hybridized carbons (Fsp3) is 0.476. The molecule has 4 heteroatoms. The maximum atomic E-state index is 12.9. The van der Waals surface area contributed by atoms with Gasteiger partial charge >= 0.3 is 0 Å². The molecule has 2 rings (SSSR count). The van der Waals surface area contributed by atoms with Gasteiger partial charge in [0, 0.05) is 11.1 Å². The smallest absolute Gasteiger partial charge is 0.186 e. The molecule has 0 spiro atoms. The molecule has 0 bridgehead atoms. The summed E-state index contributed by atoms with van der Waals surface area (Å²) < 4.78 is 0. The number of nitrogens with zero attached hydrogens (tertiary/aromatic N) is 2. The molecule has 0 amide bonds. The summed E-state index contributed by atoms with van der Waals surface area (Å²) in [5.41, 5.74) is 2.88. The van der Waals surface area contributed by atoms with Crippen molar-refractivity contribution in [2.24, 2.45) is 21.1 Å². The fourth-order valence-electron chi connectivity index (χ4n) is 2.66. The fourth-order valence-corrected chi connectivity index (χ4v) is 2.82. The number of Topliss-reactive ketones (excluding diaryl/α,β-unsaturated/α-hetero) is 1. The van der Waals surface area contributed by atoms with Crippen LogP contribution in [0, 0.1) is 10.8 Å². The van der Waals surface area contributed by atoms with Crippen molar-refractivity contribution in [2.75, 3.05) is 0 Å². The first kappa shape index (κ1) is 19.6. The molecule has 25 heavy (non-hydrogen) atoms. The Morgan fingerprint density at radius 2 is 1.64 bits per heavy atom. The van der Waals surface area contributed by atoms with Gasteiger partial charge in [-0.05, 0) is 41.1 Å². The Bertz CT molecular complexity index is 699. The molecule has 0 saturated heterocycles. The summed E-state index contributed by atoms with van der Waals surface area (Å²) in [5, 5.41) is 8.47. The number of hydrogen-bond donors (Lipinski definition) is 0. The normalized spacial score (nSPS) is 22.0. The molecule has 1 atom stereocenters. The van der Waals surface area contributed by atoms with Crippen molar-refractivity contribution in [3.63, 3.8) is 0 Å². The van der Waals surface area contributed by atoms with Crippen molar-refractivity contribution in [2.45, 2.75) is 53.3 Å². The maximum Gasteiger partial charge on any atom is 0.186 e. The van der Waals surface area contributed by atoms with Crippen LogP contribution >= 0.6 is 11.6 Å². The molecule has 134 valence electrons. The number of azo groups is 1. The molecule has 0 aromatic heterocycles. The summed E-state index contributed by atoms with van der Waals surface area (Å²) in [4.78, 5) is 12.9. The Balaban J connectivity index is 2.34. The predicted octanol–water partition coefficient (Wildman–Crippen LogP) is 6.30. The number of halogens is 1. The van der Waals surface area contributed by atoms with Crippen molar-refractivity contribution < 1.29 is 4.79 Å². The monoisotopic (exact) mass is 358 g/mol. The van der Waals surface area contributed by atoms with Crippen LogP contribution in [0.5, 0.6) is 0 Å². The lowest BCUT2D eigenvalue weighted by Gasteiger charge is -2.31. The van der Waals surface area contributed by atoms with E-state index in [1.54, 1.807) is 6.20 Å². The van der Waals surface area contributed by atoms with Gasteiger partial charge in [0.05, 0.1) is 17.3 Å². The number of rotatable bonds is 2. The van der Waals surface area contributed by atoms with Gasteiger partial charge in [-0.2, -0.15) is 10.2 Å². The summed E-state index contributed by atoms with van der Waals surface area (Å²) in [6.07, 6.45) is 12.1. The molecule has 3 nitrogen and oxygen atoms in total. The molecular weight excluding hydrogens is 332 g/mol. The lowest BCUT2D eigenvalue weighted by molar-refractivity contribution is -0.114. The van der Waals surface area contributed by atoms with Crippen molar-refractivity contribution >= 4 is 17.4 Å². The highest BCUT2D eigenvalue weighted by atomic mass is 35.5. The van der Waals surface area contributed by atoms with Crippen molar-refractivity contribution in [3.8, 4) is 0 Å². The maximum absolute atomic E-state index is 12.9. The van der Waals surface area contributed by atoms with Crippen LogP contribution in [0.25, 0.3) is 0 Å². The molecule has 0 N–H and O–H groups in total. The van der Waals surface area contributed by atoms with Crippen LogP contribution in [0.1, 0.15) is 48.0 Å². The molecule has 0 aromatic carbocycles. The van der Waals surface area contributed by atoms with E-state index >= 15 is 0 Å². The van der Waals surface area contributed by atoms with Crippen LogP contribution in [0.3, 0.4) is 0 Å². The Morgan fingerprint density at radius 1 is 1.08 bits per heavy atom. The van der Waals surface area contributed by atoms with E-state index in [-0.39, 0.29) is 22.0 Å². The van der Waals surface area contributed by atoms with Crippen LogP contribution in [0.15, 0.2) is 69.2 Å². The predicted molar refractivity (Wildman–Crippen MR) is 105 cm³/mol. The van der Waals surface area contributed by atoms with Crippen LogP contribution < -0.4 is 0 Å². The second kappa shape index (κ2) is 7.25. The van der Waals surface area contributed by atoms with Gasteiger partial charge in [0.2, 0.25) is 0 Å². The minimum Gasteiger partial charge on any atom is -0.289 e. The van der Waals surface area contributed by atoms with Crippen molar-refractivity contribution in [1.29, 1.82) is 0 Å². The van der Waals surface area contributed by atoms with E-state index < -0.39 is 0 Å². The first-order valence-electron chi connectivity index (χ1n) is 8.61. The highest BCUT2D eigenvalue weighted by molar-refractivity contribution is 6.22. The van der Waals surface area contributed by atoms with Crippen molar-refractivity contribution in [3.05, 3.63) is 59.0 Å². The SMILES string of the molecule is CC(C)(C)C1=CC(=C/N=N/C2=CCC(Cl)C=C2)C=C(C(C)(C)C)C1=O. The number of carbonyl (C=O) groups is 1. The molecule has 2 aliphatic carbocycles. The average molecular weight is 359 g/mol. The first-order chi connectivity index (χ1) is 11.5. The van der Waals surface area contributed by atoms with E-state index in [4.69, 9.17) is 11.6 Å². The second-order valence-electron chi connectivity index (χ2n) is 8.53. The largest absolute Gasteiger partial charge is 0.289 e. The molecule has 0 aromatic rings. The molecule has 0 saturated carbocycles. The van der Waals surface area contributed by atoms with E-state index in [1.165, 1.54) is 0 Å². The van der Waals surface area contributed by atoms with Gasteiger partial charge in [-0.3, -0.25) is 4.79 Å².